The van der Waals surface area contributed by atoms with Crippen molar-refractivity contribution in [1.82, 2.24) is 21.2 Å². The second kappa shape index (κ2) is 7.99. The molecule has 3 rings (SSSR count). The van der Waals surface area contributed by atoms with Gasteiger partial charge in [0.2, 0.25) is 0 Å². The van der Waals surface area contributed by atoms with E-state index in [0.717, 1.165) is 23.0 Å². The molecular formula is C20H26N4OS. The van der Waals surface area contributed by atoms with Crippen molar-refractivity contribution in [2.75, 3.05) is 0 Å². The molecule has 0 saturated heterocycles. The largest absolute Gasteiger partial charge is 0.358 e. The van der Waals surface area contributed by atoms with Gasteiger partial charge in [-0.05, 0) is 49.5 Å². The number of nitrogens with one attached hydrogen (secondary N) is 3. The van der Waals surface area contributed by atoms with Gasteiger partial charge >= 0.3 is 0 Å². The van der Waals surface area contributed by atoms with E-state index in [9.17, 15) is 4.79 Å². The zero-order valence-corrected chi connectivity index (χ0v) is 16.3. The van der Waals surface area contributed by atoms with Crippen molar-refractivity contribution in [2.24, 2.45) is 11.8 Å². The highest BCUT2D eigenvalue weighted by molar-refractivity contribution is 7.80. The van der Waals surface area contributed by atoms with Crippen molar-refractivity contribution < 1.29 is 4.79 Å². The maximum absolute atomic E-state index is 12.6. The fourth-order valence-electron chi connectivity index (χ4n) is 3.67. The number of thiocarbonyl (C=S) groups is 1. The molecule has 5 nitrogen and oxygen atoms in total. The molecule has 0 spiro atoms. The summed E-state index contributed by atoms with van der Waals surface area (Å²) in [7, 11) is 0. The molecule has 6 heteroatoms. The molecule has 1 aromatic heterocycles. The molecule has 1 aromatic carbocycles. The lowest BCUT2D eigenvalue weighted by molar-refractivity contribution is 0.0944. The average molecular weight is 371 g/mol. The lowest BCUT2D eigenvalue weighted by Crippen LogP contribution is -2.52. The number of amides is 1. The Balaban J connectivity index is 1.63. The Morgan fingerprint density at radius 1 is 1.19 bits per heavy atom. The second-order valence-corrected chi connectivity index (χ2v) is 7.66. The van der Waals surface area contributed by atoms with Gasteiger partial charge in [-0.25, -0.2) is 0 Å². The lowest BCUT2D eigenvalue weighted by atomic mass is 9.78. The Kier molecular flexibility index (Phi) is 5.71. The predicted molar refractivity (Wildman–Crippen MR) is 109 cm³/mol. The summed E-state index contributed by atoms with van der Waals surface area (Å²) < 4.78 is 0. The normalized spacial score (nSPS) is 22.7. The zero-order chi connectivity index (χ0) is 18.7. The van der Waals surface area contributed by atoms with Gasteiger partial charge in [-0.2, -0.15) is 0 Å². The van der Waals surface area contributed by atoms with Crippen LogP contribution in [0, 0.1) is 18.8 Å². The van der Waals surface area contributed by atoms with E-state index < -0.39 is 0 Å². The molecule has 3 N–H and O–H groups in total. The minimum Gasteiger partial charge on any atom is -0.358 e. The highest BCUT2D eigenvalue weighted by atomic mass is 32.1. The highest BCUT2D eigenvalue weighted by Gasteiger charge is 2.27. The fourth-order valence-corrected chi connectivity index (χ4v) is 3.87. The minimum absolute atomic E-state index is 0.221. The molecule has 138 valence electrons. The molecule has 0 radical (unpaired) electrons. The third kappa shape index (κ3) is 4.12. The Morgan fingerprint density at radius 2 is 1.96 bits per heavy atom. The Hall–Kier alpha value is -2.21. The van der Waals surface area contributed by atoms with Gasteiger partial charge in [0.15, 0.2) is 5.11 Å². The van der Waals surface area contributed by atoms with Crippen LogP contribution in [0.1, 0.15) is 49.2 Å². The number of benzene rings is 1. The van der Waals surface area contributed by atoms with Crippen LogP contribution >= 0.6 is 12.2 Å². The highest BCUT2D eigenvalue weighted by Crippen LogP contribution is 2.29. The van der Waals surface area contributed by atoms with E-state index in [4.69, 9.17) is 12.2 Å². The van der Waals surface area contributed by atoms with Crippen LogP contribution in [0.2, 0.25) is 0 Å². The molecule has 0 aliphatic heterocycles. The molecule has 1 fully saturated rings. The van der Waals surface area contributed by atoms with E-state index in [1.54, 1.807) is 6.07 Å². The van der Waals surface area contributed by atoms with Gasteiger partial charge in [-0.15, -0.1) is 0 Å². The first-order valence-corrected chi connectivity index (χ1v) is 9.59. The van der Waals surface area contributed by atoms with E-state index in [2.05, 4.69) is 35.0 Å². The number of rotatable bonds is 2. The van der Waals surface area contributed by atoms with E-state index in [1.807, 2.05) is 31.2 Å². The van der Waals surface area contributed by atoms with Crippen LogP contribution in [0.4, 0.5) is 0 Å². The molecule has 26 heavy (non-hydrogen) atoms. The molecule has 1 heterocycles. The van der Waals surface area contributed by atoms with Crippen molar-refractivity contribution in [3.8, 4) is 0 Å². The number of pyridine rings is 1. The average Bonchev–Trinajstić information content (AvgIpc) is 2.62. The third-order valence-corrected chi connectivity index (χ3v) is 5.62. The standard InChI is InChI=1S/C20H26N4OS/c1-12-7-6-10-17(14(12)3)22-20(26)24-23-19(25)16-11-13(2)21-18-9-5-4-8-15(16)18/h4-5,8-9,11-12,14,17H,6-7,10H2,1-3H3,(H,23,25)(H2,22,24,26)/t12-,14+,17+/m1/s1. The maximum Gasteiger partial charge on any atom is 0.270 e. The first-order chi connectivity index (χ1) is 12.5. The fraction of sp³-hybridized carbons (Fsp3) is 0.450. The monoisotopic (exact) mass is 370 g/mol. The van der Waals surface area contributed by atoms with Gasteiger partial charge < -0.3 is 5.32 Å². The van der Waals surface area contributed by atoms with Crippen molar-refractivity contribution in [1.29, 1.82) is 0 Å². The number of para-hydroxylation sites is 1. The summed E-state index contributed by atoms with van der Waals surface area (Å²) in [6, 6.07) is 9.77. The number of fused-ring (bicyclic) bond motifs is 1. The smallest absolute Gasteiger partial charge is 0.270 e. The first kappa shape index (κ1) is 18.6. The van der Waals surface area contributed by atoms with Crippen LogP contribution < -0.4 is 16.2 Å². The van der Waals surface area contributed by atoms with Gasteiger partial charge in [-0.1, -0.05) is 44.9 Å². The predicted octanol–water partition coefficient (Wildman–Crippen LogP) is 3.48. The molecule has 2 aromatic rings. The van der Waals surface area contributed by atoms with Gasteiger partial charge in [0, 0.05) is 17.1 Å². The van der Waals surface area contributed by atoms with Crippen LogP contribution in [0.5, 0.6) is 0 Å². The van der Waals surface area contributed by atoms with E-state index in [1.165, 1.54) is 12.8 Å². The van der Waals surface area contributed by atoms with Crippen LogP contribution in [-0.2, 0) is 0 Å². The Labute approximate surface area is 159 Å². The Morgan fingerprint density at radius 3 is 2.77 bits per heavy atom. The van der Waals surface area contributed by atoms with Crippen LogP contribution in [0.15, 0.2) is 30.3 Å². The summed E-state index contributed by atoms with van der Waals surface area (Å²) in [5, 5.41) is 4.63. The summed E-state index contributed by atoms with van der Waals surface area (Å²) in [6.45, 7) is 6.43. The number of aromatic nitrogens is 1. The second-order valence-electron chi connectivity index (χ2n) is 7.25. The summed E-state index contributed by atoms with van der Waals surface area (Å²) in [6.07, 6.45) is 3.58. The molecular weight excluding hydrogens is 344 g/mol. The van der Waals surface area contributed by atoms with Gasteiger partial charge in [0.1, 0.15) is 0 Å². The van der Waals surface area contributed by atoms with Crippen LogP contribution in [0.25, 0.3) is 10.9 Å². The number of hydrazine groups is 1. The molecule has 1 aliphatic rings. The summed E-state index contributed by atoms with van der Waals surface area (Å²) >= 11 is 5.37. The van der Waals surface area contributed by atoms with Crippen molar-refractivity contribution in [3.63, 3.8) is 0 Å². The number of aryl methyl sites for hydroxylation is 1. The molecule has 1 aliphatic carbocycles. The number of hydrogen-bond acceptors (Lipinski definition) is 3. The van der Waals surface area contributed by atoms with E-state index in [0.29, 0.717) is 28.6 Å². The molecule has 1 saturated carbocycles. The van der Waals surface area contributed by atoms with Crippen LogP contribution in [-0.4, -0.2) is 22.0 Å². The molecule has 1 amide bonds. The van der Waals surface area contributed by atoms with Crippen LogP contribution in [0.3, 0.4) is 0 Å². The first-order valence-electron chi connectivity index (χ1n) is 9.19. The van der Waals surface area contributed by atoms with Crippen molar-refractivity contribution in [3.05, 3.63) is 41.6 Å². The summed E-state index contributed by atoms with van der Waals surface area (Å²) in [5.41, 5.74) is 7.76. The summed E-state index contributed by atoms with van der Waals surface area (Å²) in [5.74, 6) is 1.02. The van der Waals surface area contributed by atoms with Gasteiger partial charge in [-0.3, -0.25) is 20.6 Å². The summed E-state index contributed by atoms with van der Waals surface area (Å²) in [4.78, 5) is 17.1. The third-order valence-electron chi connectivity index (χ3n) is 5.40. The molecule has 0 unspecified atom stereocenters. The quantitative estimate of drug-likeness (QED) is 0.558. The molecule has 3 atom stereocenters. The number of nitrogens with zero attached hydrogens (tertiary/aromatic N) is 1. The van der Waals surface area contributed by atoms with E-state index >= 15 is 0 Å². The number of carbonyl (C=O) groups excluding carboxylic acids is 1. The topological polar surface area (TPSA) is 66.1 Å². The number of hydrogen-bond donors (Lipinski definition) is 3. The number of carbonyl (C=O) groups is 1. The van der Waals surface area contributed by atoms with Gasteiger partial charge in [0.05, 0.1) is 11.1 Å². The molecule has 0 bridgehead atoms. The van der Waals surface area contributed by atoms with Crippen molar-refractivity contribution in [2.45, 2.75) is 46.1 Å². The minimum atomic E-state index is -0.221. The lowest BCUT2D eigenvalue weighted by Gasteiger charge is -2.35. The SMILES string of the molecule is Cc1cc(C(=O)NNC(=S)N[C@H]2CCC[C@@H](C)[C@@H]2C)c2ccccc2n1. The maximum atomic E-state index is 12.6. The van der Waals surface area contributed by atoms with Crippen molar-refractivity contribution >= 4 is 34.1 Å². The Bertz CT molecular complexity index is 823. The zero-order valence-electron chi connectivity index (χ0n) is 15.5. The van der Waals surface area contributed by atoms with Gasteiger partial charge in [0.25, 0.3) is 5.91 Å². The van der Waals surface area contributed by atoms with E-state index in [-0.39, 0.29) is 5.91 Å².